The minimum atomic E-state index is -0.0252. The quantitative estimate of drug-likeness (QED) is 0.868. The van der Waals surface area contributed by atoms with Crippen molar-refractivity contribution >= 4 is 11.6 Å². The van der Waals surface area contributed by atoms with Gasteiger partial charge >= 0.3 is 0 Å². The van der Waals surface area contributed by atoms with E-state index in [1.807, 2.05) is 12.1 Å². The van der Waals surface area contributed by atoms with Crippen LogP contribution in [0.25, 0.3) is 0 Å². The lowest BCUT2D eigenvalue weighted by Gasteiger charge is -2.33. The molecular formula is C16H25ClN2. The molecule has 2 rings (SSSR count). The first-order chi connectivity index (χ1) is 9.00. The maximum Gasteiger partial charge on any atom is 0.0406 e. The summed E-state index contributed by atoms with van der Waals surface area (Å²) in [5.41, 5.74) is 7.27. The predicted octanol–water partition coefficient (Wildman–Crippen LogP) is 3.38. The Kier molecular flexibility index (Phi) is 4.88. The van der Waals surface area contributed by atoms with Crippen LogP contribution in [0.4, 0.5) is 0 Å². The van der Waals surface area contributed by atoms with Gasteiger partial charge in [-0.05, 0) is 56.2 Å². The molecule has 3 unspecified atom stereocenters. The van der Waals surface area contributed by atoms with Crippen molar-refractivity contribution in [2.75, 3.05) is 6.54 Å². The molecule has 1 fully saturated rings. The zero-order valence-electron chi connectivity index (χ0n) is 12.0. The maximum absolute atomic E-state index is 6.01. The Morgan fingerprint density at radius 1 is 1.32 bits per heavy atom. The second-order valence-corrected chi connectivity index (χ2v) is 6.76. The zero-order chi connectivity index (χ0) is 13.9. The van der Waals surface area contributed by atoms with E-state index in [9.17, 15) is 0 Å². The largest absolute Gasteiger partial charge is 0.329 e. The molecule has 0 bridgehead atoms. The number of rotatable bonds is 5. The van der Waals surface area contributed by atoms with Crippen LogP contribution in [0.3, 0.4) is 0 Å². The molecule has 0 aromatic heterocycles. The van der Waals surface area contributed by atoms with Gasteiger partial charge in [-0.15, -0.1) is 0 Å². The molecule has 3 atom stereocenters. The number of nitrogens with one attached hydrogen (secondary N) is 1. The summed E-state index contributed by atoms with van der Waals surface area (Å²) in [5, 5.41) is 4.57. The molecule has 106 valence electrons. The van der Waals surface area contributed by atoms with Crippen molar-refractivity contribution in [1.82, 2.24) is 5.32 Å². The number of nitrogens with two attached hydrogens (primary N) is 1. The van der Waals surface area contributed by atoms with Crippen molar-refractivity contribution < 1.29 is 0 Å². The first kappa shape index (κ1) is 14.8. The lowest BCUT2D eigenvalue weighted by molar-refractivity contribution is 0.310. The number of hydrogen-bond donors (Lipinski definition) is 2. The summed E-state index contributed by atoms with van der Waals surface area (Å²) in [6, 6.07) is 8.71. The van der Waals surface area contributed by atoms with Gasteiger partial charge in [-0.2, -0.15) is 0 Å². The Balaban J connectivity index is 1.99. The van der Waals surface area contributed by atoms with Crippen LogP contribution in [0.2, 0.25) is 5.02 Å². The third kappa shape index (κ3) is 4.20. The highest BCUT2D eigenvalue weighted by Gasteiger charge is 2.29. The van der Waals surface area contributed by atoms with E-state index in [4.69, 9.17) is 17.3 Å². The average molecular weight is 281 g/mol. The second-order valence-electron chi connectivity index (χ2n) is 6.33. The molecule has 3 N–H and O–H groups in total. The van der Waals surface area contributed by atoms with Crippen molar-refractivity contribution in [3.05, 3.63) is 34.9 Å². The molecule has 1 aliphatic carbocycles. The van der Waals surface area contributed by atoms with Gasteiger partial charge in [0.2, 0.25) is 0 Å². The standard InChI is InChI=1S/C16H25ClN2/c1-12-3-8-15(9-12)19-16(2,11-18)10-13-4-6-14(17)7-5-13/h4-7,12,15,19H,3,8-11,18H2,1-2H3. The lowest BCUT2D eigenvalue weighted by atomic mass is 9.91. The monoisotopic (exact) mass is 280 g/mol. The van der Waals surface area contributed by atoms with Crippen LogP contribution in [0.5, 0.6) is 0 Å². The molecule has 0 amide bonds. The van der Waals surface area contributed by atoms with Crippen molar-refractivity contribution in [3.63, 3.8) is 0 Å². The van der Waals surface area contributed by atoms with Crippen LogP contribution in [-0.2, 0) is 6.42 Å². The normalized spacial score (nSPS) is 26.3. The number of halogens is 1. The molecule has 0 radical (unpaired) electrons. The van der Waals surface area contributed by atoms with Crippen LogP contribution in [-0.4, -0.2) is 18.1 Å². The summed E-state index contributed by atoms with van der Waals surface area (Å²) in [5.74, 6) is 0.843. The Morgan fingerprint density at radius 3 is 2.53 bits per heavy atom. The third-order valence-corrected chi connectivity index (χ3v) is 4.46. The van der Waals surface area contributed by atoms with Gasteiger partial charge in [0.25, 0.3) is 0 Å². The van der Waals surface area contributed by atoms with E-state index in [-0.39, 0.29) is 5.54 Å². The van der Waals surface area contributed by atoms with E-state index in [1.165, 1.54) is 24.8 Å². The summed E-state index contributed by atoms with van der Waals surface area (Å²) in [4.78, 5) is 0. The van der Waals surface area contributed by atoms with Crippen LogP contribution >= 0.6 is 11.6 Å². The van der Waals surface area contributed by atoms with Crippen molar-refractivity contribution in [2.24, 2.45) is 11.7 Å². The fraction of sp³-hybridized carbons (Fsp3) is 0.625. The number of benzene rings is 1. The van der Waals surface area contributed by atoms with E-state index in [0.29, 0.717) is 12.6 Å². The summed E-state index contributed by atoms with van der Waals surface area (Å²) in [6.07, 6.45) is 4.83. The van der Waals surface area contributed by atoms with Gasteiger partial charge in [-0.1, -0.05) is 30.7 Å². The van der Waals surface area contributed by atoms with Gasteiger partial charge in [0.1, 0.15) is 0 Å². The molecule has 0 saturated heterocycles. The van der Waals surface area contributed by atoms with Crippen molar-refractivity contribution in [3.8, 4) is 0 Å². The second kappa shape index (κ2) is 6.25. The maximum atomic E-state index is 6.01. The lowest BCUT2D eigenvalue weighted by Crippen LogP contribution is -2.54. The molecule has 1 aliphatic rings. The van der Waals surface area contributed by atoms with Crippen molar-refractivity contribution in [2.45, 2.75) is 51.1 Å². The molecule has 1 aromatic carbocycles. The smallest absolute Gasteiger partial charge is 0.0406 e. The van der Waals surface area contributed by atoms with Crippen LogP contribution in [0.15, 0.2) is 24.3 Å². The fourth-order valence-corrected chi connectivity index (χ4v) is 3.19. The van der Waals surface area contributed by atoms with Gasteiger partial charge in [0, 0.05) is 23.1 Å². The van der Waals surface area contributed by atoms with Gasteiger partial charge in [-0.3, -0.25) is 0 Å². The highest BCUT2D eigenvalue weighted by Crippen LogP contribution is 2.27. The van der Waals surface area contributed by atoms with E-state index in [2.05, 4.69) is 31.3 Å². The summed E-state index contributed by atoms with van der Waals surface area (Å²) in [6.45, 7) is 5.21. The molecule has 0 spiro atoms. The first-order valence-electron chi connectivity index (χ1n) is 7.23. The molecule has 1 aromatic rings. The molecule has 2 nitrogen and oxygen atoms in total. The van der Waals surface area contributed by atoms with Gasteiger partial charge in [0.15, 0.2) is 0 Å². The SMILES string of the molecule is CC1CCC(NC(C)(CN)Cc2ccc(Cl)cc2)C1. The third-order valence-electron chi connectivity index (χ3n) is 4.21. The highest BCUT2D eigenvalue weighted by atomic mass is 35.5. The molecule has 0 aliphatic heterocycles. The molecular weight excluding hydrogens is 256 g/mol. The van der Waals surface area contributed by atoms with E-state index >= 15 is 0 Å². The zero-order valence-corrected chi connectivity index (χ0v) is 12.7. The average Bonchev–Trinajstić information content (AvgIpc) is 2.77. The molecule has 3 heteroatoms. The van der Waals surface area contributed by atoms with E-state index in [1.54, 1.807) is 0 Å². The van der Waals surface area contributed by atoms with Crippen LogP contribution < -0.4 is 11.1 Å². The van der Waals surface area contributed by atoms with E-state index < -0.39 is 0 Å². The van der Waals surface area contributed by atoms with Gasteiger partial charge in [0.05, 0.1) is 0 Å². The minimum Gasteiger partial charge on any atom is -0.329 e. The highest BCUT2D eigenvalue weighted by molar-refractivity contribution is 6.30. The first-order valence-corrected chi connectivity index (χ1v) is 7.61. The predicted molar refractivity (Wildman–Crippen MR) is 82.6 cm³/mol. The number of hydrogen-bond acceptors (Lipinski definition) is 2. The topological polar surface area (TPSA) is 38.0 Å². The van der Waals surface area contributed by atoms with Crippen LogP contribution in [0, 0.1) is 5.92 Å². The Morgan fingerprint density at radius 2 is 2.00 bits per heavy atom. The Bertz CT molecular complexity index is 404. The Labute approximate surface area is 121 Å². The van der Waals surface area contributed by atoms with E-state index in [0.717, 1.165) is 17.4 Å². The minimum absolute atomic E-state index is 0.0252. The summed E-state index contributed by atoms with van der Waals surface area (Å²) < 4.78 is 0. The summed E-state index contributed by atoms with van der Waals surface area (Å²) >= 11 is 5.93. The fourth-order valence-electron chi connectivity index (χ4n) is 3.07. The molecule has 19 heavy (non-hydrogen) atoms. The Hall–Kier alpha value is -0.570. The molecule has 0 heterocycles. The van der Waals surface area contributed by atoms with Crippen molar-refractivity contribution in [1.29, 1.82) is 0 Å². The van der Waals surface area contributed by atoms with Crippen LogP contribution in [0.1, 0.15) is 38.7 Å². The van der Waals surface area contributed by atoms with Gasteiger partial charge < -0.3 is 11.1 Å². The van der Waals surface area contributed by atoms with Gasteiger partial charge in [-0.25, -0.2) is 0 Å². The summed E-state index contributed by atoms with van der Waals surface area (Å²) in [7, 11) is 0. The molecule has 1 saturated carbocycles.